The number of benzene rings is 3. The minimum absolute atomic E-state index is 0.0262. The number of ether oxygens (including phenoxy) is 1. The maximum absolute atomic E-state index is 13.6. The first-order valence-corrected chi connectivity index (χ1v) is 11.3. The Labute approximate surface area is 204 Å². The number of aryl methyl sites for hydroxylation is 1. The maximum Gasteiger partial charge on any atom is 0.300 e. The number of Topliss-reactive ketones (excluding diaryl/α,β-unsaturated/α-hetero) is 1. The molecule has 1 saturated heterocycles. The third kappa shape index (κ3) is 4.44. The summed E-state index contributed by atoms with van der Waals surface area (Å²) in [7, 11) is 1.53. The smallest absolute Gasteiger partial charge is 0.300 e. The molecule has 35 heavy (non-hydrogen) atoms. The quantitative estimate of drug-likeness (QED) is 0.284. The average Bonchev–Trinajstić information content (AvgIpc) is 3.09. The van der Waals surface area contributed by atoms with Crippen LogP contribution in [0.3, 0.4) is 0 Å². The van der Waals surface area contributed by atoms with Gasteiger partial charge in [-0.25, -0.2) is 4.39 Å². The van der Waals surface area contributed by atoms with Gasteiger partial charge >= 0.3 is 0 Å². The van der Waals surface area contributed by atoms with E-state index in [1.54, 1.807) is 24.3 Å². The number of halogens is 1. The Morgan fingerprint density at radius 1 is 1.00 bits per heavy atom. The van der Waals surface area contributed by atoms with Crippen molar-refractivity contribution < 1.29 is 23.8 Å². The van der Waals surface area contributed by atoms with Crippen LogP contribution in [0.1, 0.15) is 49.1 Å². The average molecular weight is 474 g/mol. The number of aliphatic hydroxyl groups excluding tert-OH is 1. The Morgan fingerprint density at radius 2 is 1.69 bits per heavy atom. The van der Waals surface area contributed by atoms with E-state index in [9.17, 15) is 19.1 Å². The van der Waals surface area contributed by atoms with E-state index in [1.165, 1.54) is 36.3 Å². The zero-order chi connectivity index (χ0) is 25.5. The molecule has 0 aliphatic carbocycles. The second-order valence-corrected chi connectivity index (χ2v) is 9.70. The first kappa shape index (κ1) is 24.2. The van der Waals surface area contributed by atoms with E-state index in [1.807, 2.05) is 25.1 Å². The fraction of sp³-hybridized carbons (Fsp3) is 0.241. The fourth-order valence-electron chi connectivity index (χ4n) is 4.32. The molecule has 1 aliphatic heterocycles. The molecule has 3 aromatic carbocycles. The summed E-state index contributed by atoms with van der Waals surface area (Å²) >= 11 is 0. The van der Waals surface area contributed by atoms with E-state index >= 15 is 0 Å². The van der Waals surface area contributed by atoms with Gasteiger partial charge in [-0.1, -0.05) is 45.0 Å². The van der Waals surface area contributed by atoms with Gasteiger partial charge in [0.05, 0.1) is 18.7 Å². The number of carbonyl (C=O) groups is 2. The zero-order valence-corrected chi connectivity index (χ0v) is 20.4. The molecule has 4 rings (SSSR count). The lowest BCUT2D eigenvalue weighted by Crippen LogP contribution is -2.29. The minimum Gasteiger partial charge on any atom is -0.507 e. The molecule has 3 aromatic rings. The lowest BCUT2D eigenvalue weighted by molar-refractivity contribution is -0.132. The van der Waals surface area contributed by atoms with Crippen LogP contribution in [0.4, 0.5) is 10.1 Å². The highest BCUT2D eigenvalue weighted by atomic mass is 19.1. The van der Waals surface area contributed by atoms with E-state index in [2.05, 4.69) is 20.8 Å². The van der Waals surface area contributed by atoms with Crippen LogP contribution in [0.15, 0.2) is 72.3 Å². The lowest BCUT2D eigenvalue weighted by Gasteiger charge is -2.26. The van der Waals surface area contributed by atoms with Crippen molar-refractivity contribution in [1.82, 2.24) is 0 Å². The second kappa shape index (κ2) is 9.02. The number of ketones is 1. The van der Waals surface area contributed by atoms with Crippen molar-refractivity contribution >= 4 is 23.1 Å². The van der Waals surface area contributed by atoms with Crippen LogP contribution in [-0.4, -0.2) is 23.9 Å². The molecule has 0 spiro atoms. The monoisotopic (exact) mass is 473 g/mol. The van der Waals surface area contributed by atoms with Crippen molar-refractivity contribution in [2.45, 2.75) is 39.2 Å². The van der Waals surface area contributed by atoms with Gasteiger partial charge in [0.1, 0.15) is 17.3 Å². The molecule has 6 heteroatoms. The third-order valence-corrected chi connectivity index (χ3v) is 6.32. The molecule has 1 N–H and O–H groups in total. The van der Waals surface area contributed by atoms with Crippen molar-refractivity contribution in [2.75, 3.05) is 12.0 Å². The number of nitrogens with zero attached hydrogens (tertiary/aromatic N) is 1. The molecule has 1 amide bonds. The third-order valence-electron chi connectivity index (χ3n) is 6.32. The van der Waals surface area contributed by atoms with Crippen LogP contribution in [0.2, 0.25) is 0 Å². The Balaban J connectivity index is 1.99. The van der Waals surface area contributed by atoms with Crippen molar-refractivity contribution in [1.29, 1.82) is 0 Å². The van der Waals surface area contributed by atoms with Gasteiger partial charge in [0.25, 0.3) is 11.7 Å². The van der Waals surface area contributed by atoms with Crippen LogP contribution >= 0.6 is 0 Å². The number of hydrogen-bond acceptors (Lipinski definition) is 4. The van der Waals surface area contributed by atoms with Crippen molar-refractivity contribution in [2.24, 2.45) is 0 Å². The van der Waals surface area contributed by atoms with E-state index in [0.717, 1.165) is 11.1 Å². The highest BCUT2D eigenvalue weighted by Crippen LogP contribution is 2.43. The van der Waals surface area contributed by atoms with Gasteiger partial charge in [-0.2, -0.15) is 0 Å². The highest BCUT2D eigenvalue weighted by Gasteiger charge is 2.47. The molecule has 0 saturated carbocycles. The largest absolute Gasteiger partial charge is 0.507 e. The van der Waals surface area contributed by atoms with Crippen LogP contribution in [0, 0.1) is 12.7 Å². The summed E-state index contributed by atoms with van der Waals surface area (Å²) < 4.78 is 19.0. The summed E-state index contributed by atoms with van der Waals surface area (Å²) in [6.45, 7) is 8.03. The van der Waals surface area contributed by atoms with Gasteiger partial charge in [0, 0.05) is 11.3 Å². The van der Waals surface area contributed by atoms with Crippen LogP contribution in [0.25, 0.3) is 5.76 Å². The molecule has 1 fully saturated rings. The topological polar surface area (TPSA) is 66.8 Å². The molecule has 180 valence electrons. The van der Waals surface area contributed by atoms with Crippen LogP contribution in [0.5, 0.6) is 5.75 Å². The standard InChI is InChI=1S/C29H28FNO4/c1-17-9-10-19(29(2,3)4)16-23(17)26(32)24-25(18-7-6-8-22(15-18)35-5)31(28(34)27(24)33)21-13-11-20(30)12-14-21/h6-16,25,32H,1-5H3/b26-24+. The molecule has 1 heterocycles. The number of methoxy groups -OCH3 is 1. The number of amides is 1. The summed E-state index contributed by atoms with van der Waals surface area (Å²) in [4.78, 5) is 28.0. The van der Waals surface area contributed by atoms with E-state index in [4.69, 9.17) is 4.74 Å². The van der Waals surface area contributed by atoms with Crippen molar-refractivity contribution in [3.8, 4) is 5.75 Å². The molecule has 1 atom stereocenters. The molecule has 1 unspecified atom stereocenters. The molecule has 0 radical (unpaired) electrons. The summed E-state index contributed by atoms with van der Waals surface area (Å²) in [6.07, 6.45) is 0. The first-order valence-electron chi connectivity index (χ1n) is 11.3. The number of rotatable bonds is 4. The Bertz CT molecular complexity index is 1340. The predicted octanol–water partition coefficient (Wildman–Crippen LogP) is 6.07. The number of carbonyl (C=O) groups excluding carboxylic acids is 2. The lowest BCUT2D eigenvalue weighted by atomic mass is 9.84. The molecule has 5 nitrogen and oxygen atoms in total. The summed E-state index contributed by atoms with van der Waals surface area (Å²) in [5, 5.41) is 11.5. The normalized spacial score (nSPS) is 17.7. The van der Waals surface area contributed by atoms with E-state index in [0.29, 0.717) is 22.6 Å². The van der Waals surface area contributed by atoms with Gasteiger partial charge in [0.2, 0.25) is 0 Å². The maximum atomic E-state index is 13.6. The van der Waals surface area contributed by atoms with Gasteiger partial charge < -0.3 is 9.84 Å². The summed E-state index contributed by atoms with van der Waals surface area (Å²) in [5.74, 6) is -1.77. The van der Waals surface area contributed by atoms with Gasteiger partial charge in [-0.3, -0.25) is 14.5 Å². The summed E-state index contributed by atoms with van der Waals surface area (Å²) in [6, 6.07) is 17.2. The summed E-state index contributed by atoms with van der Waals surface area (Å²) in [5.41, 5.74) is 2.96. The van der Waals surface area contributed by atoms with Crippen molar-refractivity contribution in [3.05, 3.63) is 100 Å². The molecule has 0 bridgehead atoms. The van der Waals surface area contributed by atoms with E-state index < -0.39 is 23.5 Å². The Hall–Kier alpha value is -3.93. The Kier molecular flexibility index (Phi) is 6.24. The fourth-order valence-corrected chi connectivity index (χ4v) is 4.32. The Morgan fingerprint density at radius 3 is 2.31 bits per heavy atom. The molecule has 1 aliphatic rings. The minimum atomic E-state index is -0.923. The SMILES string of the molecule is COc1cccc(C2/C(=C(\O)c3cc(C(C)(C)C)ccc3C)C(=O)C(=O)N2c2ccc(F)cc2)c1. The number of hydrogen-bond donors (Lipinski definition) is 1. The van der Waals surface area contributed by atoms with Crippen LogP contribution in [-0.2, 0) is 15.0 Å². The molecular formula is C29H28FNO4. The van der Waals surface area contributed by atoms with E-state index in [-0.39, 0.29) is 16.7 Å². The highest BCUT2D eigenvalue weighted by molar-refractivity contribution is 6.51. The molecular weight excluding hydrogens is 445 g/mol. The van der Waals surface area contributed by atoms with Gasteiger partial charge in [-0.05, 0) is 71.5 Å². The van der Waals surface area contributed by atoms with Gasteiger partial charge in [-0.15, -0.1) is 0 Å². The van der Waals surface area contributed by atoms with Gasteiger partial charge in [0.15, 0.2) is 0 Å². The second-order valence-electron chi connectivity index (χ2n) is 9.70. The first-order chi connectivity index (χ1) is 16.5. The number of aliphatic hydroxyl groups is 1. The van der Waals surface area contributed by atoms with Crippen molar-refractivity contribution in [3.63, 3.8) is 0 Å². The van der Waals surface area contributed by atoms with Crippen LogP contribution < -0.4 is 9.64 Å². The zero-order valence-electron chi connectivity index (χ0n) is 20.4. The number of anilines is 1. The predicted molar refractivity (Wildman–Crippen MR) is 134 cm³/mol. The molecule has 0 aromatic heterocycles.